The quantitative estimate of drug-likeness (QED) is 0.213. The summed E-state index contributed by atoms with van der Waals surface area (Å²) < 4.78 is 6.84. The molecule has 3 amide bonds. The van der Waals surface area contributed by atoms with Crippen LogP contribution in [0.15, 0.2) is 85.1 Å². The number of amides is 3. The van der Waals surface area contributed by atoms with E-state index in [9.17, 15) is 14.7 Å². The van der Waals surface area contributed by atoms with Crippen molar-refractivity contribution in [2.45, 2.75) is 12.1 Å². The molecule has 0 saturated carbocycles. The minimum absolute atomic E-state index is 0.00599. The van der Waals surface area contributed by atoms with E-state index in [4.69, 9.17) is 10.5 Å². The highest BCUT2D eigenvalue weighted by atomic mass is 16.5. The van der Waals surface area contributed by atoms with E-state index in [1.165, 1.54) is 0 Å². The number of aromatic nitrogens is 1. The second kappa shape index (κ2) is 8.30. The van der Waals surface area contributed by atoms with Gasteiger partial charge in [-0.15, -0.1) is 0 Å². The summed E-state index contributed by atoms with van der Waals surface area (Å²) in [7, 11) is 1.55. The zero-order valence-corrected chi connectivity index (χ0v) is 20.0. The molecule has 1 aliphatic rings. The molecule has 1 saturated heterocycles. The highest BCUT2D eigenvalue weighted by molar-refractivity contribution is 6.07. The van der Waals surface area contributed by atoms with Crippen LogP contribution in [0.3, 0.4) is 0 Å². The van der Waals surface area contributed by atoms with Gasteiger partial charge in [-0.05, 0) is 57.8 Å². The van der Waals surface area contributed by atoms with Gasteiger partial charge in [-0.1, -0.05) is 48.5 Å². The highest BCUT2D eigenvalue weighted by Crippen LogP contribution is 2.36. The molecule has 0 radical (unpaired) electrons. The van der Waals surface area contributed by atoms with Crippen LogP contribution >= 0.6 is 0 Å². The minimum atomic E-state index is -1.41. The number of nitrogen functional groups attached to an aromatic ring is 1. The minimum Gasteiger partial charge on any atom is -0.497 e. The van der Waals surface area contributed by atoms with Gasteiger partial charge in [-0.3, -0.25) is 10.1 Å². The highest BCUT2D eigenvalue weighted by Gasteiger charge is 2.48. The average Bonchev–Trinajstić information content (AvgIpc) is 3.37. The fourth-order valence-electron chi connectivity index (χ4n) is 5.13. The standard InChI is InChI=1S/C29H24N4O4/c1-37-22-11-8-19-15-33(26(34)25(19)14-22)16-29(27(35)31-28(36)32-29)20-9-6-17(7-10-20)24-13-21(30)12-18-4-2-3-5-23(18)24/h2-15,34H,16,30H2,1H3,(H2,31,32,35,36)/t29-/m0/s1. The van der Waals surface area contributed by atoms with Crippen molar-refractivity contribution in [1.82, 2.24) is 15.2 Å². The van der Waals surface area contributed by atoms with Crippen molar-refractivity contribution in [2.75, 3.05) is 12.8 Å². The first-order valence-electron chi connectivity index (χ1n) is 11.8. The zero-order valence-electron chi connectivity index (χ0n) is 20.0. The molecule has 37 heavy (non-hydrogen) atoms. The zero-order chi connectivity index (χ0) is 25.7. The summed E-state index contributed by atoms with van der Waals surface area (Å²) >= 11 is 0. The number of carbonyl (C=O) groups excluding carboxylic acids is 2. The van der Waals surface area contributed by atoms with Crippen LogP contribution < -0.4 is 21.1 Å². The van der Waals surface area contributed by atoms with Gasteiger partial charge in [0, 0.05) is 22.7 Å². The number of carbonyl (C=O) groups is 2. The second-order valence-electron chi connectivity index (χ2n) is 9.21. The molecule has 5 aromatic rings. The van der Waals surface area contributed by atoms with E-state index in [1.807, 2.05) is 66.7 Å². The van der Waals surface area contributed by atoms with Crippen LogP contribution in [0.4, 0.5) is 10.5 Å². The largest absolute Gasteiger partial charge is 0.497 e. The Bertz CT molecular complexity index is 1710. The first-order valence-corrected chi connectivity index (χ1v) is 11.8. The van der Waals surface area contributed by atoms with Crippen molar-refractivity contribution in [3.8, 4) is 22.8 Å². The van der Waals surface area contributed by atoms with Crippen molar-refractivity contribution >= 4 is 39.2 Å². The van der Waals surface area contributed by atoms with Gasteiger partial charge in [-0.25, -0.2) is 4.79 Å². The lowest BCUT2D eigenvalue weighted by Gasteiger charge is -2.27. The molecule has 1 aliphatic heterocycles. The van der Waals surface area contributed by atoms with Crippen LogP contribution in [0.25, 0.3) is 32.7 Å². The second-order valence-corrected chi connectivity index (χ2v) is 9.21. The van der Waals surface area contributed by atoms with Gasteiger partial charge in [0.25, 0.3) is 5.91 Å². The molecule has 0 unspecified atom stereocenters. The first-order chi connectivity index (χ1) is 17.9. The number of ether oxygens (including phenoxy) is 1. The summed E-state index contributed by atoms with van der Waals surface area (Å²) in [5, 5.41) is 19.6. The van der Waals surface area contributed by atoms with E-state index >= 15 is 0 Å². The number of anilines is 1. The van der Waals surface area contributed by atoms with Crippen molar-refractivity contribution in [1.29, 1.82) is 0 Å². The van der Waals surface area contributed by atoms with Gasteiger partial charge >= 0.3 is 6.03 Å². The molecule has 4 aromatic carbocycles. The van der Waals surface area contributed by atoms with Gasteiger partial charge in [0.1, 0.15) is 5.75 Å². The van der Waals surface area contributed by atoms with Crippen LogP contribution in [0, 0.1) is 0 Å². The topological polar surface area (TPSA) is 119 Å². The number of hydrogen-bond acceptors (Lipinski definition) is 5. The van der Waals surface area contributed by atoms with E-state index in [2.05, 4.69) is 10.6 Å². The monoisotopic (exact) mass is 492 g/mol. The van der Waals surface area contributed by atoms with Crippen LogP contribution in [0.5, 0.6) is 11.6 Å². The third-order valence-electron chi connectivity index (χ3n) is 6.99. The van der Waals surface area contributed by atoms with E-state index < -0.39 is 17.5 Å². The van der Waals surface area contributed by atoms with E-state index in [0.29, 0.717) is 22.4 Å². The number of imide groups is 1. The van der Waals surface area contributed by atoms with Gasteiger partial charge in [-0.2, -0.15) is 0 Å². The number of hydrogen-bond donors (Lipinski definition) is 4. The predicted octanol–water partition coefficient (Wildman–Crippen LogP) is 4.49. The lowest BCUT2D eigenvalue weighted by atomic mass is 9.88. The van der Waals surface area contributed by atoms with Gasteiger partial charge in [0.2, 0.25) is 0 Å². The molecule has 6 rings (SSSR count). The van der Waals surface area contributed by atoms with Crippen LogP contribution in [0.1, 0.15) is 5.56 Å². The molecule has 0 bridgehead atoms. The SMILES string of the molecule is COc1ccc2cn(C[C@@]3(c4ccc(-c5cc(N)cc6ccccc56)cc4)NC(=O)NC3=O)c(O)c2c1. The molecule has 1 atom stereocenters. The van der Waals surface area contributed by atoms with Crippen LogP contribution in [-0.4, -0.2) is 28.7 Å². The molecule has 184 valence electrons. The Hall–Kier alpha value is -4.98. The number of nitrogens with one attached hydrogen (secondary N) is 2. The number of aromatic hydroxyl groups is 1. The molecule has 1 fully saturated rings. The molecule has 0 aliphatic carbocycles. The lowest BCUT2D eigenvalue weighted by molar-refractivity contribution is -0.124. The van der Waals surface area contributed by atoms with E-state index in [1.54, 1.807) is 30.0 Å². The van der Waals surface area contributed by atoms with E-state index in [0.717, 1.165) is 27.3 Å². The Balaban J connectivity index is 1.43. The fraction of sp³-hybridized carbons (Fsp3) is 0.103. The molecule has 1 aromatic heterocycles. The maximum atomic E-state index is 13.2. The van der Waals surface area contributed by atoms with Crippen molar-refractivity contribution in [3.63, 3.8) is 0 Å². The van der Waals surface area contributed by atoms with Gasteiger partial charge in [0.05, 0.1) is 13.7 Å². The number of urea groups is 1. The van der Waals surface area contributed by atoms with Crippen LogP contribution in [0.2, 0.25) is 0 Å². The Kier molecular flexibility index (Phi) is 5.05. The van der Waals surface area contributed by atoms with Gasteiger partial charge < -0.3 is 25.5 Å². The maximum absolute atomic E-state index is 13.2. The van der Waals surface area contributed by atoms with Gasteiger partial charge in [0.15, 0.2) is 11.4 Å². The van der Waals surface area contributed by atoms with E-state index in [-0.39, 0.29) is 12.4 Å². The maximum Gasteiger partial charge on any atom is 0.322 e. The van der Waals surface area contributed by atoms with Crippen molar-refractivity contribution < 1.29 is 19.4 Å². The Morgan fingerprint density at radius 1 is 0.946 bits per heavy atom. The van der Waals surface area contributed by atoms with Crippen molar-refractivity contribution in [2.24, 2.45) is 0 Å². The number of benzene rings is 4. The lowest BCUT2D eigenvalue weighted by Crippen LogP contribution is -2.47. The number of nitrogens with zero attached hydrogens (tertiary/aromatic N) is 1. The fourth-order valence-corrected chi connectivity index (χ4v) is 5.13. The summed E-state index contributed by atoms with van der Waals surface area (Å²) in [4.78, 5) is 25.5. The molecule has 8 nitrogen and oxygen atoms in total. The Labute approximate surface area is 212 Å². The number of nitrogens with two attached hydrogens (primary N) is 1. The summed E-state index contributed by atoms with van der Waals surface area (Å²) in [5.74, 6) is 0.0892. The average molecular weight is 493 g/mol. The number of rotatable bonds is 5. The summed E-state index contributed by atoms with van der Waals surface area (Å²) in [5.41, 5.74) is 7.89. The molecule has 0 spiro atoms. The Morgan fingerprint density at radius 2 is 1.73 bits per heavy atom. The molecular weight excluding hydrogens is 468 g/mol. The smallest absolute Gasteiger partial charge is 0.322 e. The first kappa shape index (κ1) is 22.5. The number of fused-ring (bicyclic) bond motifs is 2. The normalized spacial score (nSPS) is 17.2. The third kappa shape index (κ3) is 3.61. The van der Waals surface area contributed by atoms with Crippen LogP contribution in [-0.2, 0) is 16.9 Å². The third-order valence-corrected chi connectivity index (χ3v) is 6.99. The summed E-state index contributed by atoms with van der Waals surface area (Å²) in [6.45, 7) is -0.00599. The summed E-state index contributed by atoms with van der Waals surface area (Å²) in [6, 6.07) is 24.1. The molecule has 5 N–H and O–H groups in total. The summed E-state index contributed by atoms with van der Waals surface area (Å²) in [6.07, 6.45) is 1.75. The molecular formula is C29H24N4O4. The Morgan fingerprint density at radius 3 is 2.46 bits per heavy atom. The predicted molar refractivity (Wildman–Crippen MR) is 142 cm³/mol. The number of methoxy groups -OCH3 is 1. The molecule has 8 heteroatoms. The van der Waals surface area contributed by atoms with Crippen molar-refractivity contribution in [3.05, 3.63) is 90.6 Å². The molecule has 2 heterocycles.